The molecule has 2 aromatic rings. The summed E-state index contributed by atoms with van der Waals surface area (Å²) < 4.78 is 5.13. The fraction of sp³-hybridized carbons (Fsp3) is 0.333. The Bertz CT molecular complexity index is 762. The molecule has 0 spiro atoms. The lowest BCUT2D eigenvalue weighted by Crippen LogP contribution is -2.49. The van der Waals surface area contributed by atoms with Crippen LogP contribution in [0.3, 0.4) is 0 Å². The van der Waals surface area contributed by atoms with Gasteiger partial charge in [-0.1, -0.05) is 42.5 Å². The molecule has 0 aliphatic carbocycles. The number of ether oxygens (including phenoxy) is 1. The molecule has 3 rings (SSSR count). The summed E-state index contributed by atoms with van der Waals surface area (Å²) in [5, 5.41) is 5.84. The van der Waals surface area contributed by atoms with Crippen molar-refractivity contribution in [1.82, 2.24) is 15.5 Å². The molecule has 0 aromatic heterocycles. The van der Waals surface area contributed by atoms with Gasteiger partial charge in [0.15, 0.2) is 0 Å². The van der Waals surface area contributed by atoms with Crippen molar-refractivity contribution in [2.75, 3.05) is 13.7 Å². The fourth-order valence-electron chi connectivity index (χ4n) is 3.21. The lowest BCUT2D eigenvalue weighted by atomic mass is 10.2. The molecule has 1 fully saturated rings. The number of urea groups is 1. The number of hydrogen-bond donors (Lipinski definition) is 2. The van der Waals surface area contributed by atoms with Gasteiger partial charge in [0.05, 0.1) is 7.11 Å². The molecule has 1 atom stereocenters. The highest BCUT2D eigenvalue weighted by Crippen LogP contribution is 2.18. The minimum atomic E-state index is -0.418. The van der Waals surface area contributed by atoms with Crippen LogP contribution in [0.15, 0.2) is 54.6 Å². The predicted octanol–water partition coefficient (Wildman–Crippen LogP) is 2.69. The second-order valence-electron chi connectivity index (χ2n) is 6.56. The Hall–Kier alpha value is -3.02. The highest BCUT2D eigenvalue weighted by Gasteiger charge is 2.33. The van der Waals surface area contributed by atoms with Crippen molar-refractivity contribution in [3.05, 3.63) is 65.7 Å². The summed E-state index contributed by atoms with van der Waals surface area (Å²) in [7, 11) is 1.62. The molecule has 1 aliphatic heterocycles. The number of methoxy groups -OCH3 is 1. The largest absolute Gasteiger partial charge is 0.497 e. The van der Waals surface area contributed by atoms with E-state index in [-0.39, 0.29) is 11.9 Å². The molecule has 2 N–H and O–H groups in total. The summed E-state index contributed by atoms with van der Waals surface area (Å²) in [5.74, 6) is 0.667. The Morgan fingerprint density at radius 3 is 2.37 bits per heavy atom. The molecule has 0 radical (unpaired) electrons. The number of nitrogens with zero attached hydrogens (tertiary/aromatic N) is 1. The van der Waals surface area contributed by atoms with Crippen LogP contribution in [0.2, 0.25) is 0 Å². The normalized spacial score (nSPS) is 16.0. The summed E-state index contributed by atoms with van der Waals surface area (Å²) in [4.78, 5) is 26.7. The first-order chi connectivity index (χ1) is 13.2. The topological polar surface area (TPSA) is 70.7 Å². The van der Waals surface area contributed by atoms with Crippen LogP contribution in [0.5, 0.6) is 5.75 Å². The number of nitrogens with one attached hydrogen (secondary N) is 2. The Morgan fingerprint density at radius 2 is 1.67 bits per heavy atom. The fourth-order valence-corrected chi connectivity index (χ4v) is 3.21. The maximum Gasteiger partial charge on any atom is 0.318 e. The lowest BCUT2D eigenvalue weighted by Gasteiger charge is -2.24. The van der Waals surface area contributed by atoms with Crippen LogP contribution < -0.4 is 15.4 Å². The molecule has 6 heteroatoms. The average Bonchev–Trinajstić information content (AvgIpc) is 3.21. The van der Waals surface area contributed by atoms with Crippen LogP contribution in [-0.4, -0.2) is 36.5 Å². The van der Waals surface area contributed by atoms with Gasteiger partial charge in [0, 0.05) is 19.6 Å². The number of benzene rings is 2. The third-order valence-electron chi connectivity index (χ3n) is 4.73. The zero-order valence-corrected chi connectivity index (χ0v) is 15.5. The molecule has 6 nitrogen and oxygen atoms in total. The number of rotatable bonds is 6. The van der Waals surface area contributed by atoms with E-state index in [1.54, 1.807) is 12.0 Å². The van der Waals surface area contributed by atoms with Gasteiger partial charge in [-0.05, 0) is 36.1 Å². The monoisotopic (exact) mass is 367 g/mol. The van der Waals surface area contributed by atoms with Crippen LogP contribution in [0.1, 0.15) is 24.0 Å². The summed E-state index contributed by atoms with van der Waals surface area (Å²) in [6.07, 6.45) is 1.52. The minimum absolute atomic E-state index is 0.113. The molecule has 2 aromatic carbocycles. The first kappa shape index (κ1) is 18.8. The van der Waals surface area contributed by atoms with Crippen molar-refractivity contribution >= 4 is 11.9 Å². The smallest absolute Gasteiger partial charge is 0.318 e. The molecule has 1 heterocycles. The number of amides is 3. The quantitative estimate of drug-likeness (QED) is 0.825. The Balaban J connectivity index is 1.51. The van der Waals surface area contributed by atoms with Crippen LogP contribution >= 0.6 is 0 Å². The van der Waals surface area contributed by atoms with Gasteiger partial charge in [-0.3, -0.25) is 4.79 Å². The van der Waals surface area contributed by atoms with E-state index < -0.39 is 6.04 Å². The van der Waals surface area contributed by atoms with E-state index in [2.05, 4.69) is 10.6 Å². The van der Waals surface area contributed by atoms with Crippen molar-refractivity contribution in [1.29, 1.82) is 0 Å². The van der Waals surface area contributed by atoms with Crippen molar-refractivity contribution in [2.24, 2.45) is 0 Å². The van der Waals surface area contributed by atoms with Crippen LogP contribution in [0.4, 0.5) is 4.79 Å². The lowest BCUT2D eigenvalue weighted by molar-refractivity contribution is -0.124. The molecule has 0 bridgehead atoms. The third-order valence-corrected chi connectivity index (χ3v) is 4.73. The van der Waals surface area contributed by atoms with Gasteiger partial charge in [-0.2, -0.15) is 0 Å². The van der Waals surface area contributed by atoms with E-state index in [0.29, 0.717) is 26.1 Å². The summed E-state index contributed by atoms with van der Waals surface area (Å²) in [6.45, 7) is 1.48. The number of hydrogen-bond acceptors (Lipinski definition) is 3. The summed E-state index contributed by atoms with van der Waals surface area (Å²) in [5.41, 5.74) is 2.02. The SMILES string of the molecule is COc1ccc(CNC(=O)[C@H]2CCCN2C(=O)NCc2ccccc2)cc1. The number of carbonyl (C=O) groups is 2. The van der Waals surface area contributed by atoms with E-state index >= 15 is 0 Å². The maximum absolute atomic E-state index is 12.6. The van der Waals surface area contributed by atoms with Crippen molar-refractivity contribution in [3.8, 4) is 5.75 Å². The molecular formula is C21H25N3O3. The van der Waals surface area contributed by atoms with E-state index in [1.165, 1.54) is 0 Å². The standard InChI is InChI=1S/C21H25N3O3/c1-27-18-11-9-17(10-12-18)14-22-20(25)19-8-5-13-24(19)21(26)23-15-16-6-3-2-4-7-16/h2-4,6-7,9-12,19H,5,8,13-15H2,1H3,(H,22,25)(H,23,26)/t19-/m1/s1. The Labute approximate surface area is 159 Å². The second kappa shape index (κ2) is 9.07. The van der Waals surface area contributed by atoms with Crippen molar-refractivity contribution in [2.45, 2.75) is 32.0 Å². The maximum atomic E-state index is 12.6. The molecule has 0 unspecified atom stereocenters. The van der Waals surface area contributed by atoms with Crippen LogP contribution in [0, 0.1) is 0 Å². The Morgan fingerprint density at radius 1 is 1.00 bits per heavy atom. The highest BCUT2D eigenvalue weighted by molar-refractivity contribution is 5.87. The molecule has 3 amide bonds. The van der Waals surface area contributed by atoms with Crippen LogP contribution in [-0.2, 0) is 17.9 Å². The number of likely N-dealkylation sites (tertiary alicyclic amines) is 1. The van der Waals surface area contributed by atoms with Gasteiger partial charge in [-0.15, -0.1) is 0 Å². The van der Waals surface area contributed by atoms with Crippen LogP contribution in [0.25, 0.3) is 0 Å². The van der Waals surface area contributed by atoms with Gasteiger partial charge < -0.3 is 20.3 Å². The Kier molecular flexibility index (Phi) is 6.30. The zero-order chi connectivity index (χ0) is 19.1. The van der Waals surface area contributed by atoms with Gasteiger partial charge >= 0.3 is 6.03 Å². The molecule has 1 saturated heterocycles. The van der Waals surface area contributed by atoms with E-state index in [0.717, 1.165) is 23.3 Å². The summed E-state index contributed by atoms with van der Waals surface area (Å²) in [6, 6.07) is 16.7. The first-order valence-corrected chi connectivity index (χ1v) is 9.16. The third kappa shape index (κ3) is 5.00. The van der Waals surface area contributed by atoms with E-state index in [1.807, 2.05) is 54.6 Å². The summed E-state index contributed by atoms with van der Waals surface area (Å²) >= 11 is 0. The van der Waals surface area contributed by atoms with Gasteiger partial charge in [0.2, 0.25) is 5.91 Å². The van der Waals surface area contributed by atoms with E-state index in [9.17, 15) is 9.59 Å². The molecular weight excluding hydrogens is 342 g/mol. The first-order valence-electron chi connectivity index (χ1n) is 9.16. The molecule has 0 saturated carbocycles. The van der Waals surface area contributed by atoms with Gasteiger partial charge in [0.1, 0.15) is 11.8 Å². The molecule has 27 heavy (non-hydrogen) atoms. The van der Waals surface area contributed by atoms with Gasteiger partial charge in [-0.25, -0.2) is 4.79 Å². The molecule has 1 aliphatic rings. The van der Waals surface area contributed by atoms with E-state index in [4.69, 9.17) is 4.74 Å². The average molecular weight is 367 g/mol. The zero-order valence-electron chi connectivity index (χ0n) is 15.5. The van der Waals surface area contributed by atoms with Crippen molar-refractivity contribution in [3.63, 3.8) is 0 Å². The number of carbonyl (C=O) groups excluding carboxylic acids is 2. The predicted molar refractivity (Wildman–Crippen MR) is 103 cm³/mol. The van der Waals surface area contributed by atoms with Gasteiger partial charge in [0.25, 0.3) is 0 Å². The highest BCUT2D eigenvalue weighted by atomic mass is 16.5. The van der Waals surface area contributed by atoms with Crippen molar-refractivity contribution < 1.29 is 14.3 Å². The molecule has 142 valence electrons. The minimum Gasteiger partial charge on any atom is -0.497 e. The second-order valence-corrected chi connectivity index (χ2v) is 6.56.